The van der Waals surface area contributed by atoms with Gasteiger partial charge in [-0.25, -0.2) is 0 Å². The van der Waals surface area contributed by atoms with Crippen molar-refractivity contribution in [2.45, 2.75) is 6.04 Å². The SMILES string of the molecule is O=C(N[C@H](c1ccccc1)c1ccc(Cl)cc1)c1ccc2n[nH]nc2c1. The lowest BCUT2D eigenvalue weighted by atomic mass is 9.98. The molecule has 4 aromatic rings. The minimum atomic E-state index is -0.283. The number of carbonyl (C=O) groups excluding carboxylic acids is 1. The topological polar surface area (TPSA) is 70.7 Å². The van der Waals surface area contributed by atoms with Crippen LogP contribution >= 0.6 is 11.6 Å². The van der Waals surface area contributed by atoms with Gasteiger partial charge in [0.05, 0.1) is 6.04 Å². The highest BCUT2D eigenvalue weighted by molar-refractivity contribution is 6.30. The lowest BCUT2D eigenvalue weighted by Gasteiger charge is -2.20. The van der Waals surface area contributed by atoms with E-state index in [1.54, 1.807) is 18.2 Å². The van der Waals surface area contributed by atoms with E-state index < -0.39 is 0 Å². The van der Waals surface area contributed by atoms with E-state index in [0.717, 1.165) is 16.6 Å². The van der Waals surface area contributed by atoms with Crippen LogP contribution in [0.5, 0.6) is 0 Å². The molecule has 0 saturated heterocycles. The summed E-state index contributed by atoms with van der Waals surface area (Å²) in [7, 11) is 0. The molecule has 26 heavy (non-hydrogen) atoms. The first-order valence-corrected chi connectivity index (χ1v) is 8.50. The molecule has 0 radical (unpaired) electrons. The number of nitrogens with one attached hydrogen (secondary N) is 2. The molecule has 0 fully saturated rings. The lowest BCUT2D eigenvalue weighted by Crippen LogP contribution is -2.29. The molecule has 3 aromatic carbocycles. The smallest absolute Gasteiger partial charge is 0.252 e. The molecule has 1 aromatic heterocycles. The number of rotatable bonds is 4. The van der Waals surface area contributed by atoms with Crippen LogP contribution in [-0.2, 0) is 0 Å². The summed E-state index contributed by atoms with van der Waals surface area (Å²) >= 11 is 6.01. The molecule has 5 nitrogen and oxygen atoms in total. The Morgan fingerprint density at radius 2 is 1.58 bits per heavy atom. The largest absolute Gasteiger partial charge is 0.341 e. The van der Waals surface area contributed by atoms with E-state index in [0.29, 0.717) is 16.1 Å². The number of aromatic nitrogens is 3. The Hall–Kier alpha value is -3.18. The Bertz CT molecular complexity index is 1040. The van der Waals surface area contributed by atoms with Gasteiger partial charge in [0.1, 0.15) is 11.0 Å². The molecular weight excluding hydrogens is 348 g/mol. The maximum atomic E-state index is 12.8. The Balaban J connectivity index is 1.67. The highest BCUT2D eigenvalue weighted by Gasteiger charge is 2.18. The average Bonchev–Trinajstić information content (AvgIpc) is 3.15. The zero-order valence-corrected chi connectivity index (χ0v) is 14.4. The maximum absolute atomic E-state index is 12.8. The maximum Gasteiger partial charge on any atom is 0.252 e. The van der Waals surface area contributed by atoms with Crippen molar-refractivity contribution in [3.63, 3.8) is 0 Å². The van der Waals surface area contributed by atoms with Crippen LogP contribution in [0.3, 0.4) is 0 Å². The zero-order chi connectivity index (χ0) is 17.9. The number of fused-ring (bicyclic) bond motifs is 1. The highest BCUT2D eigenvalue weighted by Crippen LogP contribution is 2.24. The van der Waals surface area contributed by atoms with Crippen molar-refractivity contribution in [3.05, 3.63) is 94.5 Å². The normalized spacial score (nSPS) is 12.0. The molecule has 1 amide bonds. The van der Waals surface area contributed by atoms with Gasteiger partial charge in [-0.1, -0.05) is 54.1 Å². The van der Waals surface area contributed by atoms with Crippen LogP contribution in [0.15, 0.2) is 72.8 Å². The van der Waals surface area contributed by atoms with Crippen LogP contribution in [-0.4, -0.2) is 21.3 Å². The number of H-pyrrole nitrogens is 1. The molecule has 0 spiro atoms. The van der Waals surface area contributed by atoms with Gasteiger partial charge in [-0.3, -0.25) is 4.79 Å². The van der Waals surface area contributed by atoms with Crippen LogP contribution in [0, 0.1) is 0 Å². The van der Waals surface area contributed by atoms with E-state index in [1.165, 1.54) is 0 Å². The van der Waals surface area contributed by atoms with E-state index in [-0.39, 0.29) is 11.9 Å². The van der Waals surface area contributed by atoms with Gasteiger partial charge in [0, 0.05) is 10.6 Å². The second-order valence-corrected chi connectivity index (χ2v) is 6.33. The van der Waals surface area contributed by atoms with Gasteiger partial charge in [0.2, 0.25) is 0 Å². The second kappa shape index (κ2) is 6.98. The van der Waals surface area contributed by atoms with Crippen LogP contribution in [0.4, 0.5) is 0 Å². The molecule has 0 aliphatic carbocycles. The van der Waals surface area contributed by atoms with Crippen LogP contribution in [0.25, 0.3) is 11.0 Å². The number of benzene rings is 3. The average molecular weight is 363 g/mol. The Kier molecular flexibility index (Phi) is 4.37. The first kappa shape index (κ1) is 16.3. The Morgan fingerprint density at radius 1 is 0.885 bits per heavy atom. The molecular formula is C20H15ClN4O. The van der Waals surface area contributed by atoms with E-state index in [4.69, 9.17) is 11.6 Å². The summed E-state index contributed by atoms with van der Waals surface area (Å²) in [5, 5.41) is 14.4. The second-order valence-electron chi connectivity index (χ2n) is 5.90. The van der Waals surface area contributed by atoms with Gasteiger partial charge in [-0.15, -0.1) is 0 Å². The van der Waals surface area contributed by atoms with Crippen LogP contribution in [0.1, 0.15) is 27.5 Å². The van der Waals surface area contributed by atoms with Gasteiger partial charge >= 0.3 is 0 Å². The fraction of sp³-hybridized carbons (Fsp3) is 0.0500. The fourth-order valence-electron chi connectivity index (χ4n) is 2.86. The quantitative estimate of drug-likeness (QED) is 0.573. The summed E-state index contributed by atoms with van der Waals surface area (Å²) in [4.78, 5) is 12.8. The Labute approximate surface area is 155 Å². The third-order valence-electron chi connectivity index (χ3n) is 4.19. The zero-order valence-electron chi connectivity index (χ0n) is 13.7. The molecule has 0 aliphatic heterocycles. The summed E-state index contributed by atoms with van der Waals surface area (Å²) in [6, 6.07) is 22.2. The molecule has 0 saturated carbocycles. The third-order valence-corrected chi connectivity index (χ3v) is 4.44. The van der Waals surface area contributed by atoms with Crippen molar-refractivity contribution in [2.75, 3.05) is 0 Å². The molecule has 128 valence electrons. The lowest BCUT2D eigenvalue weighted by molar-refractivity contribution is 0.0943. The van der Waals surface area contributed by atoms with Gasteiger partial charge in [-0.05, 0) is 41.5 Å². The third kappa shape index (κ3) is 3.30. The summed E-state index contributed by atoms with van der Waals surface area (Å²) < 4.78 is 0. The van der Waals surface area contributed by atoms with Crippen molar-refractivity contribution in [3.8, 4) is 0 Å². The molecule has 0 bridgehead atoms. The van der Waals surface area contributed by atoms with E-state index in [1.807, 2.05) is 54.6 Å². The number of carbonyl (C=O) groups is 1. The van der Waals surface area contributed by atoms with Crippen LogP contribution in [0.2, 0.25) is 5.02 Å². The van der Waals surface area contributed by atoms with Gasteiger partial charge < -0.3 is 5.32 Å². The van der Waals surface area contributed by atoms with E-state index in [2.05, 4.69) is 20.7 Å². The molecule has 1 atom stereocenters. The molecule has 0 unspecified atom stereocenters. The first-order valence-electron chi connectivity index (χ1n) is 8.12. The molecule has 4 rings (SSSR count). The fourth-order valence-corrected chi connectivity index (χ4v) is 2.98. The van der Waals surface area contributed by atoms with Crippen LogP contribution < -0.4 is 5.32 Å². The van der Waals surface area contributed by atoms with E-state index >= 15 is 0 Å². The predicted octanol–water partition coefficient (Wildman–Crippen LogP) is 4.13. The van der Waals surface area contributed by atoms with Gasteiger partial charge in [0.15, 0.2) is 0 Å². The van der Waals surface area contributed by atoms with Crippen molar-refractivity contribution >= 4 is 28.5 Å². The minimum absolute atomic E-state index is 0.182. The van der Waals surface area contributed by atoms with Crippen molar-refractivity contribution < 1.29 is 4.79 Å². The number of hydrogen-bond donors (Lipinski definition) is 2. The van der Waals surface area contributed by atoms with Crippen molar-refractivity contribution in [1.29, 1.82) is 0 Å². The van der Waals surface area contributed by atoms with Crippen molar-refractivity contribution in [2.24, 2.45) is 0 Å². The standard InChI is InChI=1S/C20H15ClN4O/c21-16-9-6-14(7-10-16)19(13-4-2-1-3-5-13)22-20(26)15-8-11-17-18(12-15)24-25-23-17/h1-12,19H,(H,22,26)(H,23,24,25)/t19-/m1/s1. The monoisotopic (exact) mass is 362 g/mol. The summed E-state index contributed by atoms with van der Waals surface area (Å²) in [6.45, 7) is 0. The first-order chi connectivity index (χ1) is 12.7. The number of hydrogen-bond acceptors (Lipinski definition) is 3. The van der Waals surface area contributed by atoms with Crippen molar-refractivity contribution in [1.82, 2.24) is 20.7 Å². The molecule has 6 heteroatoms. The number of halogens is 1. The summed E-state index contributed by atoms with van der Waals surface area (Å²) in [5.74, 6) is -0.182. The predicted molar refractivity (Wildman–Crippen MR) is 101 cm³/mol. The molecule has 1 heterocycles. The Morgan fingerprint density at radius 3 is 2.35 bits per heavy atom. The summed E-state index contributed by atoms with van der Waals surface area (Å²) in [5.41, 5.74) is 3.85. The number of amides is 1. The number of nitrogens with zero attached hydrogens (tertiary/aromatic N) is 2. The van der Waals surface area contributed by atoms with Gasteiger partial charge in [0.25, 0.3) is 5.91 Å². The summed E-state index contributed by atoms with van der Waals surface area (Å²) in [6.07, 6.45) is 0. The van der Waals surface area contributed by atoms with E-state index in [9.17, 15) is 4.79 Å². The molecule has 2 N–H and O–H groups in total. The van der Waals surface area contributed by atoms with Gasteiger partial charge in [-0.2, -0.15) is 15.4 Å². The highest BCUT2D eigenvalue weighted by atomic mass is 35.5. The molecule has 0 aliphatic rings. The number of aromatic amines is 1. The minimum Gasteiger partial charge on any atom is -0.341 e.